The van der Waals surface area contributed by atoms with Crippen LogP contribution in [0.4, 0.5) is 4.79 Å². The molecule has 0 unspecified atom stereocenters. The number of benzene rings is 1. The quantitative estimate of drug-likeness (QED) is 0.844. The molecule has 7 heteroatoms. The number of aryl methyl sites for hydroxylation is 1. The van der Waals surface area contributed by atoms with E-state index >= 15 is 0 Å². The highest BCUT2D eigenvalue weighted by Gasteiger charge is 2.49. The zero-order chi connectivity index (χ0) is 18.3. The van der Waals surface area contributed by atoms with Crippen LogP contribution < -0.4 is 0 Å². The van der Waals surface area contributed by atoms with Crippen LogP contribution in [0.15, 0.2) is 34.7 Å². The number of oxazole rings is 1. The van der Waals surface area contributed by atoms with Gasteiger partial charge in [-0.05, 0) is 19.1 Å². The molecule has 0 aliphatic carbocycles. The lowest BCUT2D eigenvalue weighted by atomic mass is 10.0. The number of aromatic nitrogens is 1. The summed E-state index contributed by atoms with van der Waals surface area (Å²) in [6, 6.07) is 9.62. The monoisotopic (exact) mass is 355 g/mol. The predicted octanol–water partition coefficient (Wildman–Crippen LogP) is 2.25. The van der Waals surface area contributed by atoms with Gasteiger partial charge in [-0.3, -0.25) is 4.79 Å². The van der Waals surface area contributed by atoms with Crippen LogP contribution in [0.5, 0.6) is 0 Å². The average Bonchev–Trinajstić information content (AvgIpc) is 3.28. The van der Waals surface area contributed by atoms with Gasteiger partial charge >= 0.3 is 6.09 Å². The van der Waals surface area contributed by atoms with Gasteiger partial charge in [0.05, 0.1) is 25.2 Å². The van der Waals surface area contributed by atoms with Gasteiger partial charge in [0.1, 0.15) is 5.76 Å². The Bertz CT molecular complexity index is 848. The lowest BCUT2D eigenvalue weighted by Crippen LogP contribution is -2.39. The molecule has 0 radical (unpaired) electrons. The first kappa shape index (κ1) is 16.6. The van der Waals surface area contributed by atoms with E-state index in [0.29, 0.717) is 43.4 Å². The van der Waals surface area contributed by atoms with E-state index in [1.807, 2.05) is 37.3 Å². The number of nitrogens with zero attached hydrogens (tertiary/aromatic N) is 3. The molecule has 4 rings (SSSR count). The lowest BCUT2D eigenvalue weighted by molar-refractivity contribution is -0.130. The van der Waals surface area contributed by atoms with Gasteiger partial charge in [0, 0.05) is 25.6 Å². The Hall–Kier alpha value is -2.83. The molecule has 1 spiro atoms. The zero-order valence-electron chi connectivity index (χ0n) is 14.9. The smallest absolute Gasteiger partial charge is 0.410 e. The number of hydrogen-bond donors (Lipinski definition) is 0. The summed E-state index contributed by atoms with van der Waals surface area (Å²) in [6.45, 7) is 3.37. The molecule has 0 N–H and O–H groups in total. The third-order valence-corrected chi connectivity index (χ3v) is 5.04. The van der Waals surface area contributed by atoms with Crippen LogP contribution in [0.2, 0.25) is 0 Å². The number of carbonyl (C=O) groups is 2. The summed E-state index contributed by atoms with van der Waals surface area (Å²) in [4.78, 5) is 32.2. The standard InChI is InChI=1S/C19H21N3O4/c1-13-15(20-17(25-13)14-6-4-3-5-7-14)10-16(23)22-9-8-19(12-22)11-21(2)18(24)26-19/h3-7H,8-12H2,1-2H3/t19-/m0/s1. The molecule has 0 saturated carbocycles. The minimum absolute atomic E-state index is 0.0245. The molecular formula is C19H21N3O4. The highest BCUT2D eigenvalue weighted by Crippen LogP contribution is 2.32. The Morgan fingerprint density at radius 2 is 2.04 bits per heavy atom. The van der Waals surface area contributed by atoms with Crippen LogP contribution in [-0.4, -0.2) is 59.1 Å². The van der Waals surface area contributed by atoms with Gasteiger partial charge in [0.15, 0.2) is 5.60 Å². The highest BCUT2D eigenvalue weighted by atomic mass is 16.6. The highest BCUT2D eigenvalue weighted by molar-refractivity contribution is 5.79. The number of amides is 2. The van der Waals surface area contributed by atoms with Gasteiger partial charge in [-0.15, -0.1) is 0 Å². The van der Waals surface area contributed by atoms with Gasteiger partial charge in [-0.25, -0.2) is 9.78 Å². The van der Waals surface area contributed by atoms with Crippen molar-refractivity contribution in [2.75, 3.05) is 26.7 Å². The second-order valence-corrected chi connectivity index (χ2v) is 7.04. The van der Waals surface area contributed by atoms with Crippen molar-refractivity contribution in [3.05, 3.63) is 41.8 Å². The summed E-state index contributed by atoms with van der Waals surface area (Å²) < 4.78 is 11.2. The molecular weight excluding hydrogens is 334 g/mol. The van der Waals surface area contributed by atoms with Crippen molar-refractivity contribution in [2.24, 2.45) is 0 Å². The minimum Gasteiger partial charge on any atom is -0.441 e. The normalized spacial score (nSPS) is 22.3. The van der Waals surface area contributed by atoms with E-state index in [4.69, 9.17) is 9.15 Å². The summed E-state index contributed by atoms with van der Waals surface area (Å²) in [7, 11) is 1.71. The first-order valence-corrected chi connectivity index (χ1v) is 8.69. The van der Waals surface area contributed by atoms with Crippen molar-refractivity contribution in [3.8, 4) is 11.5 Å². The van der Waals surface area contributed by atoms with Crippen LogP contribution >= 0.6 is 0 Å². The fourth-order valence-corrected chi connectivity index (χ4v) is 3.61. The van der Waals surface area contributed by atoms with E-state index < -0.39 is 5.60 Å². The number of carbonyl (C=O) groups excluding carboxylic acids is 2. The molecule has 26 heavy (non-hydrogen) atoms. The maximum Gasteiger partial charge on any atom is 0.410 e. The first-order chi connectivity index (χ1) is 12.5. The molecule has 136 valence electrons. The lowest BCUT2D eigenvalue weighted by Gasteiger charge is -2.21. The Morgan fingerprint density at radius 3 is 2.73 bits per heavy atom. The molecule has 2 saturated heterocycles. The summed E-state index contributed by atoms with van der Waals surface area (Å²) >= 11 is 0. The Balaban J connectivity index is 1.45. The Labute approximate surface area is 151 Å². The third kappa shape index (κ3) is 2.94. The van der Waals surface area contributed by atoms with E-state index in [1.54, 1.807) is 16.8 Å². The number of likely N-dealkylation sites (tertiary alicyclic amines) is 1. The largest absolute Gasteiger partial charge is 0.441 e. The molecule has 1 atom stereocenters. The molecule has 2 aromatic rings. The van der Waals surface area contributed by atoms with Crippen molar-refractivity contribution in [3.63, 3.8) is 0 Å². The van der Waals surface area contributed by atoms with Crippen LogP contribution in [-0.2, 0) is 16.0 Å². The third-order valence-electron chi connectivity index (χ3n) is 5.04. The Morgan fingerprint density at radius 1 is 1.27 bits per heavy atom. The molecule has 1 aromatic carbocycles. The van der Waals surface area contributed by atoms with E-state index in [-0.39, 0.29) is 18.4 Å². The number of rotatable bonds is 3. The SMILES string of the molecule is Cc1oc(-c2ccccc2)nc1CC(=O)N1CC[C@]2(CN(C)C(=O)O2)C1. The van der Waals surface area contributed by atoms with Gasteiger partial charge in [0.25, 0.3) is 0 Å². The molecule has 7 nitrogen and oxygen atoms in total. The first-order valence-electron chi connectivity index (χ1n) is 8.69. The molecule has 3 heterocycles. The maximum atomic E-state index is 12.7. The van der Waals surface area contributed by atoms with Gasteiger partial charge in [-0.2, -0.15) is 0 Å². The van der Waals surface area contributed by atoms with Crippen molar-refractivity contribution in [1.82, 2.24) is 14.8 Å². The predicted molar refractivity (Wildman–Crippen MR) is 93.4 cm³/mol. The van der Waals surface area contributed by atoms with Crippen molar-refractivity contribution in [1.29, 1.82) is 0 Å². The van der Waals surface area contributed by atoms with Gasteiger partial charge in [-0.1, -0.05) is 18.2 Å². The van der Waals surface area contributed by atoms with Crippen molar-refractivity contribution >= 4 is 12.0 Å². The van der Waals surface area contributed by atoms with Crippen LogP contribution in [0, 0.1) is 6.92 Å². The fraction of sp³-hybridized carbons (Fsp3) is 0.421. The van der Waals surface area contributed by atoms with Crippen molar-refractivity contribution < 1.29 is 18.7 Å². The summed E-state index contributed by atoms with van der Waals surface area (Å²) in [5.41, 5.74) is 0.973. The molecule has 2 amide bonds. The minimum atomic E-state index is -0.560. The molecule has 0 bridgehead atoms. The van der Waals surface area contributed by atoms with E-state index in [2.05, 4.69) is 4.98 Å². The topological polar surface area (TPSA) is 75.9 Å². The van der Waals surface area contributed by atoms with Gasteiger partial charge < -0.3 is 19.0 Å². The van der Waals surface area contributed by atoms with E-state index in [9.17, 15) is 9.59 Å². The van der Waals surface area contributed by atoms with Crippen LogP contribution in [0.3, 0.4) is 0 Å². The maximum absolute atomic E-state index is 12.7. The average molecular weight is 355 g/mol. The number of hydrogen-bond acceptors (Lipinski definition) is 5. The molecule has 1 aromatic heterocycles. The van der Waals surface area contributed by atoms with Crippen LogP contribution in [0.1, 0.15) is 17.9 Å². The zero-order valence-corrected chi connectivity index (χ0v) is 14.9. The second-order valence-electron chi connectivity index (χ2n) is 7.04. The summed E-state index contributed by atoms with van der Waals surface area (Å²) in [5, 5.41) is 0. The van der Waals surface area contributed by atoms with Gasteiger partial charge in [0.2, 0.25) is 11.8 Å². The summed E-state index contributed by atoms with van der Waals surface area (Å²) in [6.07, 6.45) is 0.531. The molecule has 2 aliphatic rings. The number of likely N-dealkylation sites (N-methyl/N-ethyl adjacent to an activating group) is 1. The Kier molecular flexibility index (Phi) is 3.94. The molecule has 2 fully saturated rings. The summed E-state index contributed by atoms with van der Waals surface area (Å²) in [5.74, 6) is 1.15. The molecule has 2 aliphatic heterocycles. The van der Waals surface area contributed by atoms with Crippen molar-refractivity contribution in [2.45, 2.75) is 25.4 Å². The number of ether oxygens (including phenoxy) is 1. The fourth-order valence-electron chi connectivity index (χ4n) is 3.61. The second kappa shape index (κ2) is 6.16. The van der Waals surface area contributed by atoms with E-state index in [0.717, 1.165) is 5.56 Å². The van der Waals surface area contributed by atoms with Crippen LogP contribution in [0.25, 0.3) is 11.5 Å². The van der Waals surface area contributed by atoms with E-state index in [1.165, 1.54) is 0 Å².